The smallest absolute Gasteiger partial charge is 0.260 e. The molecule has 2 rings (SSSR count). The first kappa shape index (κ1) is 18.4. The number of pyridine rings is 1. The zero-order valence-corrected chi connectivity index (χ0v) is 15.3. The molecule has 0 N–H and O–H groups in total. The third kappa shape index (κ3) is 4.56. The van der Waals surface area contributed by atoms with Gasteiger partial charge in [0.25, 0.3) is 5.91 Å². The van der Waals surface area contributed by atoms with Crippen molar-refractivity contribution in [1.29, 1.82) is 0 Å². The molecule has 1 heterocycles. The second-order valence-corrected chi connectivity index (χ2v) is 6.01. The lowest BCUT2D eigenvalue weighted by molar-refractivity contribution is 0.0983. The number of halogens is 1. The minimum absolute atomic E-state index is 0.120. The van der Waals surface area contributed by atoms with Gasteiger partial charge >= 0.3 is 0 Å². The Morgan fingerprint density at radius 2 is 1.75 bits per heavy atom. The van der Waals surface area contributed by atoms with Gasteiger partial charge in [0.2, 0.25) is 0 Å². The molecule has 0 atom stereocenters. The predicted molar refractivity (Wildman–Crippen MR) is 99.9 cm³/mol. The molecule has 0 unspecified atom stereocenters. The second-order valence-electron chi connectivity index (χ2n) is 5.60. The summed E-state index contributed by atoms with van der Waals surface area (Å²) in [5, 5.41) is 0.461. The van der Waals surface area contributed by atoms with Crippen molar-refractivity contribution in [2.45, 2.75) is 20.8 Å². The van der Waals surface area contributed by atoms with Crippen LogP contribution in [-0.2, 0) is 0 Å². The number of carbonyl (C=O) groups excluding carboxylic acids is 1. The van der Waals surface area contributed by atoms with E-state index >= 15 is 0 Å². The standard InChI is InChI=1S/C19H24ClN3O/c1-4-22(5-2)13-14-23(18-12-8-9-15(3)21-18)19(24)16-10-6-7-11-17(16)20/h6-12H,4-5,13-14H2,1-3H3. The maximum atomic E-state index is 13.0. The molecule has 0 aliphatic rings. The highest BCUT2D eigenvalue weighted by atomic mass is 35.5. The molecule has 0 bridgehead atoms. The van der Waals surface area contributed by atoms with E-state index in [9.17, 15) is 4.79 Å². The van der Waals surface area contributed by atoms with E-state index in [1.54, 1.807) is 17.0 Å². The molecule has 0 spiro atoms. The van der Waals surface area contributed by atoms with E-state index in [0.29, 0.717) is 22.9 Å². The topological polar surface area (TPSA) is 36.4 Å². The summed E-state index contributed by atoms with van der Waals surface area (Å²) >= 11 is 6.22. The Morgan fingerprint density at radius 3 is 2.38 bits per heavy atom. The van der Waals surface area contributed by atoms with Crippen molar-refractivity contribution >= 4 is 23.3 Å². The molecule has 1 amide bonds. The highest BCUT2D eigenvalue weighted by molar-refractivity contribution is 6.34. The fourth-order valence-corrected chi connectivity index (χ4v) is 2.78. The fraction of sp³-hybridized carbons (Fsp3) is 0.368. The summed E-state index contributed by atoms with van der Waals surface area (Å²) in [6, 6.07) is 12.8. The number of nitrogens with zero attached hydrogens (tertiary/aromatic N) is 3. The van der Waals surface area contributed by atoms with Crippen LogP contribution in [-0.4, -0.2) is 42.0 Å². The van der Waals surface area contributed by atoms with Crippen molar-refractivity contribution in [2.24, 2.45) is 0 Å². The van der Waals surface area contributed by atoms with Gasteiger partial charge in [0.05, 0.1) is 10.6 Å². The molecule has 0 saturated carbocycles. The van der Waals surface area contributed by atoms with Crippen LogP contribution in [0.3, 0.4) is 0 Å². The fourth-order valence-electron chi connectivity index (χ4n) is 2.56. The summed E-state index contributed by atoms with van der Waals surface area (Å²) in [5.41, 5.74) is 1.38. The van der Waals surface area contributed by atoms with Crippen LogP contribution in [0.5, 0.6) is 0 Å². The van der Waals surface area contributed by atoms with E-state index in [4.69, 9.17) is 11.6 Å². The number of benzene rings is 1. The second kappa shape index (κ2) is 8.81. The molecule has 2 aromatic rings. The molecule has 4 nitrogen and oxygen atoms in total. The summed E-state index contributed by atoms with van der Waals surface area (Å²) in [5.74, 6) is 0.540. The molecule has 24 heavy (non-hydrogen) atoms. The lowest BCUT2D eigenvalue weighted by atomic mass is 10.2. The number of carbonyl (C=O) groups is 1. The van der Waals surface area contributed by atoms with Gasteiger partial charge < -0.3 is 4.90 Å². The zero-order valence-electron chi connectivity index (χ0n) is 14.5. The molecule has 0 saturated heterocycles. The maximum absolute atomic E-state index is 13.0. The first-order valence-electron chi connectivity index (χ1n) is 8.29. The van der Waals surface area contributed by atoms with Gasteiger partial charge in [0, 0.05) is 18.8 Å². The molecule has 128 valence electrons. The summed E-state index contributed by atoms with van der Waals surface area (Å²) in [6.45, 7) is 9.42. The van der Waals surface area contributed by atoms with E-state index in [1.165, 1.54) is 0 Å². The molecule has 0 aliphatic carbocycles. The van der Waals surface area contributed by atoms with Gasteiger partial charge in [0.1, 0.15) is 5.82 Å². The van der Waals surface area contributed by atoms with Crippen LogP contribution < -0.4 is 4.90 Å². The van der Waals surface area contributed by atoms with E-state index in [2.05, 4.69) is 23.7 Å². The molecular formula is C19H24ClN3O. The van der Waals surface area contributed by atoms with Gasteiger partial charge in [-0.15, -0.1) is 0 Å². The lowest BCUT2D eigenvalue weighted by Crippen LogP contribution is -2.39. The Bertz CT molecular complexity index is 686. The maximum Gasteiger partial charge on any atom is 0.260 e. The number of rotatable bonds is 7. The van der Waals surface area contributed by atoms with E-state index in [1.807, 2.05) is 37.3 Å². The van der Waals surface area contributed by atoms with Gasteiger partial charge in [-0.1, -0.05) is 43.6 Å². The van der Waals surface area contributed by atoms with Crippen LogP contribution in [0.15, 0.2) is 42.5 Å². The Labute approximate surface area is 149 Å². The Morgan fingerprint density at radius 1 is 1.04 bits per heavy atom. The molecule has 1 aromatic carbocycles. The van der Waals surface area contributed by atoms with E-state index in [-0.39, 0.29) is 5.91 Å². The number of amides is 1. The van der Waals surface area contributed by atoms with Gasteiger partial charge in [0.15, 0.2) is 0 Å². The summed E-state index contributed by atoms with van der Waals surface area (Å²) < 4.78 is 0. The number of hydrogen-bond donors (Lipinski definition) is 0. The van der Waals surface area contributed by atoms with Crippen LogP contribution in [0.2, 0.25) is 5.02 Å². The molecule has 0 radical (unpaired) electrons. The number of likely N-dealkylation sites (N-methyl/N-ethyl adjacent to an activating group) is 1. The number of hydrogen-bond acceptors (Lipinski definition) is 3. The summed E-state index contributed by atoms with van der Waals surface area (Å²) in [7, 11) is 0. The van der Waals surface area contributed by atoms with Crippen molar-refractivity contribution in [2.75, 3.05) is 31.1 Å². The average molecular weight is 346 g/mol. The summed E-state index contributed by atoms with van der Waals surface area (Å²) in [6.07, 6.45) is 0. The van der Waals surface area contributed by atoms with Crippen LogP contribution in [0.1, 0.15) is 29.9 Å². The number of aryl methyl sites for hydroxylation is 1. The van der Waals surface area contributed by atoms with Crippen molar-refractivity contribution in [3.8, 4) is 0 Å². The highest BCUT2D eigenvalue weighted by Crippen LogP contribution is 2.21. The monoisotopic (exact) mass is 345 g/mol. The van der Waals surface area contributed by atoms with Crippen molar-refractivity contribution in [3.05, 3.63) is 58.7 Å². The van der Waals surface area contributed by atoms with Crippen molar-refractivity contribution < 1.29 is 4.79 Å². The molecular weight excluding hydrogens is 322 g/mol. The molecule has 0 aliphatic heterocycles. The average Bonchev–Trinajstić information content (AvgIpc) is 2.59. The SMILES string of the molecule is CCN(CC)CCN(C(=O)c1ccccc1Cl)c1cccc(C)n1. The molecule has 0 fully saturated rings. The quantitative estimate of drug-likeness (QED) is 0.760. The largest absolute Gasteiger partial charge is 0.302 e. The summed E-state index contributed by atoms with van der Waals surface area (Å²) in [4.78, 5) is 21.6. The Hall–Kier alpha value is -1.91. The van der Waals surface area contributed by atoms with Crippen LogP contribution in [0.4, 0.5) is 5.82 Å². The van der Waals surface area contributed by atoms with Crippen LogP contribution in [0.25, 0.3) is 0 Å². The van der Waals surface area contributed by atoms with Crippen molar-refractivity contribution in [3.63, 3.8) is 0 Å². The minimum Gasteiger partial charge on any atom is -0.302 e. The van der Waals surface area contributed by atoms with E-state index < -0.39 is 0 Å². The third-order valence-corrected chi connectivity index (χ3v) is 4.36. The number of anilines is 1. The number of aromatic nitrogens is 1. The van der Waals surface area contributed by atoms with Gasteiger partial charge in [-0.2, -0.15) is 0 Å². The normalized spacial score (nSPS) is 10.9. The van der Waals surface area contributed by atoms with Crippen molar-refractivity contribution in [1.82, 2.24) is 9.88 Å². The third-order valence-electron chi connectivity index (χ3n) is 4.03. The first-order valence-corrected chi connectivity index (χ1v) is 8.67. The van der Waals surface area contributed by atoms with Gasteiger partial charge in [-0.05, 0) is 44.3 Å². The first-order chi connectivity index (χ1) is 11.6. The highest BCUT2D eigenvalue weighted by Gasteiger charge is 2.21. The molecule has 1 aromatic heterocycles. The van der Waals surface area contributed by atoms with Gasteiger partial charge in [-0.25, -0.2) is 4.98 Å². The van der Waals surface area contributed by atoms with E-state index in [0.717, 1.165) is 25.3 Å². The van der Waals surface area contributed by atoms with Gasteiger partial charge in [-0.3, -0.25) is 9.69 Å². The van der Waals surface area contributed by atoms with Crippen LogP contribution in [0, 0.1) is 6.92 Å². The Kier molecular flexibility index (Phi) is 6.76. The lowest BCUT2D eigenvalue weighted by Gasteiger charge is -2.26. The predicted octanol–water partition coefficient (Wildman–Crippen LogP) is 4.03. The van der Waals surface area contributed by atoms with Crippen LogP contribution >= 0.6 is 11.6 Å². The Balaban J connectivity index is 2.32. The molecule has 5 heteroatoms. The zero-order chi connectivity index (χ0) is 17.5. The minimum atomic E-state index is -0.120.